The van der Waals surface area contributed by atoms with E-state index in [0.717, 1.165) is 6.07 Å². The van der Waals surface area contributed by atoms with Crippen molar-refractivity contribution in [3.05, 3.63) is 35.4 Å². The minimum absolute atomic E-state index is 0.0874. The highest BCUT2D eigenvalue weighted by molar-refractivity contribution is 5.94. The van der Waals surface area contributed by atoms with Gasteiger partial charge in [0.15, 0.2) is 11.6 Å². The molecule has 1 aliphatic heterocycles. The topological polar surface area (TPSA) is 29.5 Å². The van der Waals surface area contributed by atoms with Crippen LogP contribution in [0.25, 0.3) is 0 Å². The molecule has 0 spiro atoms. The van der Waals surface area contributed by atoms with E-state index in [2.05, 4.69) is 0 Å². The third kappa shape index (κ3) is 2.22. The fraction of sp³-hybridized carbons (Fsp3) is 0.462. The number of amides is 1. The number of nitrogens with zero attached hydrogens (tertiary/aromatic N) is 1. The number of carbonyl (C=O) groups excluding carboxylic acids is 1. The number of halogens is 2. The van der Waals surface area contributed by atoms with Crippen molar-refractivity contribution in [3.63, 3.8) is 0 Å². The maximum atomic E-state index is 13.5. The SMILES string of the molecule is CC1OCCC1N(C)C(=O)c1cccc(F)c1F. The van der Waals surface area contributed by atoms with Crippen LogP contribution in [0.2, 0.25) is 0 Å². The van der Waals surface area contributed by atoms with Gasteiger partial charge in [0.1, 0.15) is 0 Å². The fourth-order valence-corrected chi connectivity index (χ4v) is 2.24. The normalized spacial score (nSPS) is 23.1. The highest BCUT2D eigenvalue weighted by Gasteiger charge is 2.32. The van der Waals surface area contributed by atoms with Crippen molar-refractivity contribution in [1.29, 1.82) is 0 Å². The van der Waals surface area contributed by atoms with Crippen molar-refractivity contribution in [2.75, 3.05) is 13.7 Å². The van der Waals surface area contributed by atoms with E-state index in [-0.39, 0.29) is 17.7 Å². The zero-order chi connectivity index (χ0) is 13.3. The van der Waals surface area contributed by atoms with Gasteiger partial charge in [-0.25, -0.2) is 8.78 Å². The Balaban J connectivity index is 2.23. The standard InChI is InChI=1S/C13H15F2NO2/c1-8-11(6-7-18-8)16(2)13(17)9-4-3-5-10(14)12(9)15/h3-5,8,11H,6-7H2,1-2H3. The molecule has 3 nitrogen and oxygen atoms in total. The van der Waals surface area contributed by atoms with Crippen LogP contribution in [0.4, 0.5) is 8.78 Å². The molecule has 18 heavy (non-hydrogen) atoms. The van der Waals surface area contributed by atoms with E-state index in [9.17, 15) is 13.6 Å². The zero-order valence-electron chi connectivity index (χ0n) is 10.3. The number of likely N-dealkylation sites (N-methyl/N-ethyl adjacent to an activating group) is 1. The summed E-state index contributed by atoms with van der Waals surface area (Å²) in [6, 6.07) is 3.51. The Kier molecular flexibility index (Phi) is 3.61. The second kappa shape index (κ2) is 5.02. The number of hydrogen-bond donors (Lipinski definition) is 0. The number of hydrogen-bond acceptors (Lipinski definition) is 2. The molecule has 0 N–H and O–H groups in total. The van der Waals surface area contributed by atoms with Crippen LogP contribution in [0.15, 0.2) is 18.2 Å². The van der Waals surface area contributed by atoms with Gasteiger partial charge in [-0.05, 0) is 25.5 Å². The monoisotopic (exact) mass is 255 g/mol. The van der Waals surface area contributed by atoms with E-state index in [1.54, 1.807) is 7.05 Å². The van der Waals surface area contributed by atoms with Crippen LogP contribution in [0, 0.1) is 11.6 Å². The van der Waals surface area contributed by atoms with E-state index in [4.69, 9.17) is 4.74 Å². The first-order chi connectivity index (χ1) is 8.52. The lowest BCUT2D eigenvalue weighted by molar-refractivity contribution is 0.0570. The van der Waals surface area contributed by atoms with Crippen LogP contribution in [0.1, 0.15) is 23.7 Å². The first kappa shape index (κ1) is 13.0. The first-order valence-corrected chi connectivity index (χ1v) is 5.85. The van der Waals surface area contributed by atoms with Crippen molar-refractivity contribution < 1.29 is 18.3 Å². The molecule has 1 aromatic rings. The maximum absolute atomic E-state index is 13.5. The molecule has 0 bridgehead atoms. The predicted octanol–water partition coefficient (Wildman–Crippen LogP) is 2.21. The Labute approximate surface area is 104 Å². The molecule has 0 aliphatic carbocycles. The van der Waals surface area contributed by atoms with Crippen LogP contribution in [0.5, 0.6) is 0 Å². The van der Waals surface area contributed by atoms with Crippen molar-refractivity contribution in [2.45, 2.75) is 25.5 Å². The molecule has 0 aromatic heterocycles. The molecule has 1 fully saturated rings. The van der Waals surface area contributed by atoms with Crippen molar-refractivity contribution >= 4 is 5.91 Å². The van der Waals surface area contributed by atoms with Gasteiger partial charge in [0, 0.05) is 13.7 Å². The Hall–Kier alpha value is -1.49. The summed E-state index contributed by atoms with van der Waals surface area (Å²) < 4.78 is 32.0. The quantitative estimate of drug-likeness (QED) is 0.811. The number of carbonyl (C=O) groups is 1. The highest BCUT2D eigenvalue weighted by Crippen LogP contribution is 2.21. The molecule has 2 atom stereocenters. The van der Waals surface area contributed by atoms with E-state index in [1.807, 2.05) is 6.92 Å². The molecule has 98 valence electrons. The Morgan fingerprint density at radius 1 is 1.44 bits per heavy atom. The van der Waals surface area contributed by atoms with Crippen molar-refractivity contribution in [3.8, 4) is 0 Å². The predicted molar refractivity (Wildman–Crippen MR) is 62.3 cm³/mol. The average molecular weight is 255 g/mol. The lowest BCUT2D eigenvalue weighted by Gasteiger charge is -2.26. The molecular weight excluding hydrogens is 240 g/mol. The summed E-state index contributed by atoms with van der Waals surface area (Å²) in [5.41, 5.74) is -0.239. The van der Waals surface area contributed by atoms with Crippen LogP contribution >= 0.6 is 0 Å². The van der Waals surface area contributed by atoms with Gasteiger partial charge in [-0.15, -0.1) is 0 Å². The van der Waals surface area contributed by atoms with E-state index < -0.39 is 17.5 Å². The number of benzene rings is 1. The summed E-state index contributed by atoms with van der Waals surface area (Å²) in [6.07, 6.45) is 0.621. The molecule has 1 amide bonds. The van der Waals surface area contributed by atoms with Gasteiger partial charge in [-0.1, -0.05) is 6.07 Å². The third-order valence-electron chi connectivity index (χ3n) is 3.34. The summed E-state index contributed by atoms with van der Waals surface area (Å²) in [7, 11) is 1.59. The van der Waals surface area contributed by atoms with Gasteiger partial charge in [0.25, 0.3) is 5.91 Å². The van der Waals surface area contributed by atoms with Gasteiger partial charge in [-0.3, -0.25) is 4.79 Å². The summed E-state index contributed by atoms with van der Waals surface area (Å²) in [6.45, 7) is 2.44. The lowest BCUT2D eigenvalue weighted by Crippen LogP contribution is -2.41. The summed E-state index contributed by atoms with van der Waals surface area (Å²) in [5.74, 6) is -2.62. The second-order valence-corrected chi connectivity index (χ2v) is 4.45. The fourth-order valence-electron chi connectivity index (χ4n) is 2.24. The van der Waals surface area contributed by atoms with Gasteiger partial charge < -0.3 is 9.64 Å². The Bertz CT molecular complexity index is 464. The highest BCUT2D eigenvalue weighted by atomic mass is 19.2. The molecular formula is C13H15F2NO2. The van der Waals surface area contributed by atoms with Gasteiger partial charge in [-0.2, -0.15) is 0 Å². The molecule has 1 aromatic carbocycles. The van der Waals surface area contributed by atoms with Gasteiger partial charge >= 0.3 is 0 Å². The number of ether oxygens (including phenoxy) is 1. The smallest absolute Gasteiger partial charge is 0.257 e. The van der Waals surface area contributed by atoms with Crippen molar-refractivity contribution in [2.24, 2.45) is 0 Å². The molecule has 2 rings (SSSR count). The first-order valence-electron chi connectivity index (χ1n) is 5.85. The molecule has 0 saturated carbocycles. The van der Waals surface area contributed by atoms with Crippen LogP contribution < -0.4 is 0 Å². The second-order valence-electron chi connectivity index (χ2n) is 4.45. The van der Waals surface area contributed by atoms with Crippen LogP contribution in [-0.4, -0.2) is 36.6 Å². The number of rotatable bonds is 2. The van der Waals surface area contributed by atoms with Crippen LogP contribution in [-0.2, 0) is 4.74 Å². The summed E-state index contributed by atoms with van der Waals surface area (Å²) in [5, 5.41) is 0. The van der Waals surface area contributed by atoms with Gasteiger partial charge in [0.05, 0.1) is 17.7 Å². The van der Waals surface area contributed by atoms with E-state index >= 15 is 0 Å². The van der Waals surface area contributed by atoms with Crippen LogP contribution in [0.3, 0.4) is 0 Å². The molecule has 2 unspecified atom stereocenters. The lowest BCUT2D eigenvalue weighted by atomic mass is 10.1. The maximum Gasteiger partial charge on any atom is 0.257 e. The van der Waals surface area contributed by atoms with E-state index in [0.29, 0.717) is 13.0 Å². The third-order valence-corrected chi connectivity index (χ3v) is 3.34. The summed E-state index contributed by atoms with van der Waals surface area (Å²) >= 11 is 0. The Morgan fingerprint density at radius 3 is 2.78 bits per heavy atom. The minimum atomic E-state index is -1.10. The molecule has 1 saturated heterocycles. The summed E-state index contributed by atoms with van der Waals surface area (Å²) in [4.78, 5) is 13.5. The largest absolute Gasteiger partial charge is 0.376 e. The molecule has 1 aliphatic rings. The minimum Gasteiger partial charge on any atom is -0.376 e. The average Bonchev–Trinajstić information content (AvgIpc) is 2.77. The van der Waals surface area contributed by atoms with Crippen molar-refractivity contribution in [1.82, 2.24) is 4.90 Å². The zero-order valence-corrected chi connectivity index (χ0v) is 10.3. The Morgan fingerprint density at radius 2 is 2.17 bits per heavy atom. The molecule has 1 heterocycles. The molecule has 0 radical (unpaired) electrons. The van der Waals surface area contributed by atoms with Gasteiger partial charge in [0.2, 0.25) is 0 Å². The van der Waals surface area contributed by atoms with E-state index in [1.165, 1.54) is 17.0 Å². The molecule has 5 heteroatoms.